The first-order chi connectivity index (χ1) is 35.4. The molecule has 0 spiro atoms. The van der Waals surface area contributed by atoms with E-state index in [-0.39, 0.29) is 41.7 Å². The standard InChI is InChI=1S/C63H88N2O9/c1-11-47-49-36-46(31-32-53(49)64-57-50(47)38-65-54(57)37-52-51(60(65)68)39-71-61(69)63(52,70)12-2)72-55(66)29-19-17-15-13-14-16-18-20-30-56(67)73-58-43(7)44(8)59-48(45(58)9)33-35-62(10,74-59)34-23-28-42(6)27-22-26-41(5)25-21-24-40(3)4/h31-32,36-37,40-42,70H,11-30,33-35,38-39H2,1-10H3/t41-,42-,62-,63+/m1/s1. The van der Waals surface area contributed by atoms with Crippen molar-refractivity contribution in [3.8, 4) is 28.6 Å². The fourth-order valence-electron chi connectivity index (χ4n) is 12.0. The third-order valence-electron chi connectivity index (χ3n) is 16.9. The molecule has 11 nitrogen and oxygen atoms in total. The molecule has 3 aliphatic rings. The molecule has 11 heteroatoms. The molecule has 0 amide bonds. The van der Waals surface area contributed by atoms with Gasteiger partial charge in [-0.2, -0.15) is 0 Å². The molecule has 0 bridgehead atoms. The molecule has 5 heterocycles. The number of fused-ring (bicyclic) bond motifs is 6. The van der Waals surface area contributed by atoms with Gasteiger partial charge >= 0.3 is 17.9 Å². The van der Waals surface area contributed by atoms with Gasteiger partial charge in [0.2, 0.25) is 0 Å². The van der Waals surface area contributed by atoms with Crippen LogP contribution in [0.1, 0.15) is 228 Å². The Labute approximate surface area is 441 Å². The Kier molecular flexibility index (Phi) is 19.3. The summed E-state index contributed by atoms with van der Waals surface area (Å²) < 4.78 is 25.6. The molecule has 2 aromatic heterocycles. The molecule has 0 aliphatic carbocycles. The highest BCUT2D eigenvalue weighted by Gasteiger charge is 2.45. The van der Waals surface area contributed by atoms with E-state index in [0.29, 0.717) is 59.8 Å². The maximum Gasteiger partial charge on any atom is 0.343 e. The summed E-state index contributed by atoms with van der Waals surface area (Å²) in [6, 6.07) is 7.17. The fourth-order valence-corrected chi connectivity index (χ4v) is 12.0. The van der Waals surface area contributed by atoms with Crippen LogP contribution in [0, 0.1) is 38.5 Å². The Morgan fingerprint density at radius 2 is 1.38 bits per heavy atom. The molecule has 3 aliphatic heterocycles. The number of unbranched alkanes of at least 4 members (excludes halogenated alkanes) is 7. The van der Waals surface area contributed by atoms with E-state index in [9.17, 15) is 24.3 Å². The van der Waals surface area contributed by atoms with Gasteiger partial charge in [-0.1, -0.05) is 125 Å². The zero-order valence-corrected chi connectivity index (χ0v) is 46.8. The predicted octanol–water partition coefficient (Wildman–Crippen LogP) is 14.5. The second kappa shape index (κ2) is 25.2. The third kappa shape index (κ3) is 13.1. The van der Waals surface area contributed by atoms with Gasteiger partial charge in [0.15, 0.2) is 5.60 Å². The van der Waals surface area contributed by atoms with Gasteiger partial charge in [-0.3, -0.25) is 14.4 Å². The van der Waals surface area contributed by atoms with Crippen molar-refractivity contribution in [2.45, 2.75) is 241 Å². The molecule has 1 N–H and O–H groups in total. The van der Waals surface area contributed by atoms with E-state index in [4.69, 9.17) is 23.9 Å². The summed E-state index contributed by atoms with van der Waals surface area (Å²) in [5.41, 5.74) is 6.38. The van der Waals surface area contributed by atoms with Crippen molar-refractivity contribution in [2.75, 3.05) is 0 Å². The molecule has 0 unspecified atom stereocenters. The topological polar surface area (TPSA) is 143 Å². The molecule has 0 radical (unpaired) electrons. The average molecular weight is 1020 g/mol. The lowest BCUT2D eigenvalue weighted by Crippen LogP contribution is -2.44. The summed E-state index contributed by atoms with van der Waals surface area (Å²) in [7, 11) is 0. The van der Waals surface area contributed by atoms with E-state index in [1.807, 2.05) is 19.1 Å². The van der Waals surface area contributed by atoms with Crippen LogP contribution in [-0.4, -0.2) is 38.2 Å². The number of cyclic esters (lactones) is 1. The van der Waals surface area contributed by atoms with Crippen molar-refractivity contribution in [1.82, 2.24) is 9.55 Å². The Hall–Kier alpha value is -5.03. The van der Waals surface area contributed by atoms with Crippen molar-refractivity contribution >= 4 is 28.8 Å². The lowest BCUT2D eigenvalue weighted by Gasteiger charge is -2.38. The second-order valence-electron chi connectivity index (χ2n) is 23.3. The largest absolute Gasteiger partial charge is 0.487 e. The van der Waals surface area contributed by atoms with Gasteiger partial charge in [0, 0.05) is 34.9 Å². The van der Waals surface area contributed by atoms with Crippen LogP contribution in [0.25, 0.3) is 22.3 Å². The van der Waals surface area contributed by atoms with Crippen LogP contribution in [0.4, 0.5) is 0 Å². The Morgan fingerprint density at radius 1 is 0.757 bits per heavy atom. The number of benzene rings is 2. The van der Waals surface area contributed by atoms with Crippen molar-refractivity contribution in [1.29, 1.82) is 0 Å². The number of rotatable bonds is 27. The number of pyridine rings is 2. The first-order valence-electron chi connectivity index (χ1n) is 28.7. The number of ether oxygens (including phenoxy) is 4. The highest BCUT2D eigenvalue weighted by Crippen LogP contribution is 2.46. The van der Waals surface area contributed by atoms with Crippen molar-refractivity contribution in [2.24, 2.45) is 17.8 Å². The number of hydrogen-bond donors (Lipinski definition) is 1. The zero-order valence-electron chi connectivity index (χ0n) is 46.8. The van der Waals surface area contributed by atoms with Crippen LogP contribution in [0.5, 0.6) is 17.2 Å². The molecule has 2 aromatic carbocycles. The summed E-state index contributed by atoms with van der Waals surface area (Å²) in [6.45, 7) is 21.9. The third-order valence-corrected chi connectivity index (χ3v) is 16.9. The Balaban J connectivity index is 0.781. The van der Waals surface area contributed by atoms with Crippen LogP contribution in [0.3, 0.4) is 0 Å². The number of hydrogen-bond acceptors (Lipinski definition) is 10. The zero-order chi connectivity index (χ0) is 53.3. The minimum absolute atomic E-state index is 0.0798. The molecule has 4 atom stereocenters. The Bertz CT molecular complexity index is 2720. The molecule has 0 fully saturated rings. The summed E-state index contributed by atoms with van der Waals surface area (Å²) in [5.74, 6) is 3.38. The highest BCUT2D eigenvalue weighted by atomic mass is 16.6. The van der Waals surface area contributed by atoms with E-state index >= 15 is 0 Å². The fraction of sp³-hybridized carbons (Fsp3) is 0.635. The van der Waals surface area contributed by atoms with E-state index < -0.39 is 11.6 Å². The second-order valence-corrected chi connectivity index (χ2v) is 23.3. The van der Waals surface area contributed by atoms with Gasteiger partial charge in [0.1, 0.15) is 29.5 Å². The summed E-state index contributed by atoms with van der Waals surface area (Å²) in [4.78, 5) is 57.4. The van der Waals surface area contributed by atoms with Gasteiger partial charge in [0.05, 0.1) is 29.0 Å². The van der Waals surface area contributed by atoms with Gasteiger partial charge in [-0.15, -0.1) is 0 Å². The molecule has 0 saturated carbocycles. The normalized spacial score (nSPS) is 18.6. The molecule has 4 aromatic rings. The Morgan fingerprint density at radius 3 is 2.01 bits per heavy atom. The van der Waals surface area contributed by atoms with Crippen molar-refractivity contribution < 1.29 is 38.4 Å². The smallest absolute Gasteiger partial charge is 0.343 e. The van der Waals surface area contributed by atoms with Crippen LogP contribution in [0.15, 0.2) is 29.1 Å². The number of carbonyl (C=O) groups is 3. The van der Waals surface area contributed by atoms with Crippen LogP contribution in [-0.2, 0) is 50.7 Å². The summed E-state index contributed by atoms with van der Waals surface area (Å²) in [5, 5.41) is 12.1. The van der Waals surface area contributed by atoms with E-state index in [1.165, 1.54) is 56.9 Å². The summed E-state index contributed by atoms with van der Waals surface area (Å²) >= 11 is 0. The lowest BCUT2D eigenvalue weighted by molar-refractivity contribution is -0.172. The maximum atomic E-state index is 13.7. The number of aryl methyl sites for hydroxylation is 1. The SMILES string of the molecule is CCc1c2c(nc3ccc(OC(=O)CCCCCCCCCCC(=O)Oc4c(C)c(C)c5c(c4C)CC[C@@](C)(CCC[C@H](C)CCC[C@H](C)CCCC(C)C)O5)cc13)-c1cc3c(c(=O)n1C2)COC(=O)[C@]3(O)CC. The minimum Gasteiger partial charge on any atom is -0.487 e. The first-order valence-corrected chi connectivity index (χ1v) is 28.7. The number of esters is 3. The monoisotopic (exact) mass is 1020 g/mol. The lowest BCUT2D eigenvalue weighted by atomic mass is 9.83. The molecular formula is C63H88N2O9. The average Bonchev–Trinajstić information content (AvgIpc) is 3.74. The molecule has 7 rings (SSSR count). The number of carbonyl (C=O) groups excluding carboxylic acids is 3. The van der Waals surface area contributed by atoms with E-state index in [1.54, 1.807) is 23.6 Å². The van der Waals surface area contributed by atoms with Gasteiger partial charge in [0.25, 0.3) is 5.56 Å². The quantitative estimate of drug-likeness (QED) is 0.0307. The van der Waals surface area contributed by atoms with E-state index in [2.05, 4.69) is 55.4 Å². The van der Waals surface area contributed by atoms with Crippen LogP contribution >= 0.6 is 0 Å². The minimum atomic E-state index is -1.89. The van der Waals surface area contributed by atoms with Crippen LogP contribution in [0.2, 0.25) is 0 Å². The molecule has 74 heavy (non-hydrogen) atoms. The van der Waals surface area contributed by atoms with E-state index in [0.717, 1.165) is 127 Å². The van der Waals surface area contributed by atoms with Crippen LogP contribution < -0.4 is 19.8 Å². The first kappa shape index (κ1) is 56.7. The van der Waals surface area contributed by atoms with Crippen molar-refractivity contribution in [3.05, 3.63) is 79.1 Å². The molecule has 404 valence electrons. The van der Waals surface area contributed by atoms with Gasteiger partial charge in [-0.25, -0.2) is 9.78 Å². The molecular weight excluding hydrogens is 929 g/mol. The van der Waals surface area contributed by atoms with Gasteiger partial charge in [-0.05, 0) is 143 Å². The summed E-state index contributed by atoms with van der Waals surface area (Å²) in [6.07, 6.45) is 22.7. The van der Waals surface area contributed by atoms with Crippen molar-refractivity contribution in [3.63, 3.8) is 0 Å². The van der Waals surface area contributed by atoms with Gasteiger partial charge < -0.3 is 28.6 Å². The highest BCUT2D eigenvalue weighted by molar-refractivity contribution is 5.90. The maximum absolute atomic E-state index is 13.7. The number of aliphatic hydroxyl groups is 1. The number of aromatic nitrogens is 2. The molecule has 0 saturated heterocycles. The number of nitrogens with zero attached hydrogens (tertiary/aromatic N) is 2. The predicted molar refractivity (Wildman–Crippen MR) is 294 cm³/mol.